The summed E-state index contributed by atoms with van der Waals surface area (Å²) in [6.07, 6.45) is 3.54. The summed E-state index contributed by atoms with van der Waals surface area (Å²) in [7, 11) is 0. The number of nitro groups is 1. The molecule has 0 amide bonds. The molecule has 19 heavy (non-hydrogen) atoms. The molecule has 0 saturated carbocycles. The van der Waals surface area contributed by atoms with Crippen molar-refractivity contribution in [2.24, 2.45) is 0 Å². The zero-order chi connectivity index (χ0) is 13.8. The van der Waals surface area contributed by atoms with Crippen molar-refractivity contribution in [3.8, 4) is 0 Å². The van der Waals surface area contributed by atoms with E-state index in [1.54, 1.807) is 6.07 Å². The van der Waals surface area contributed by atoms with Crippen LogP contribution in [-0.2, 0) is 4.79 Å². The summed E-state index contributed by atoms with van der Waals surface area (Å²) in [6.45, 7) is 1.58. The summed E-state index contributed by atoms with van der Waals surface area (Å²) in [5, 5.41) is 20.2. The van der Waals surface area contributed by atoms with E-state index in [1.165, 1.54) is 24.4 Å². The molecular weight excluding hydrogens is 248 g/mol. The van der Waals surface area contributed by atoms with Gasteiger partial charge in [0.1, 0.15) is 0 Å². The summed E-state index contributed by atoms with van der Waals surface area (Å²) in [6, 6.07) is 5.91. The fraction of sp³-hybridized carbons (Fsp3) is 0.308. The molecule has 1 aromatic carbocycles. The molecule has 0 spiro atoms. The molecule has 1 aliphatic heterocycles. The van der Waals surface area contributed by atoms with Crippen molar-refractivity contribution in [2.75, 3.05) is 13.1 Å². The van der Waals surface area contributed by atoms with E-state index in [1.807, 2.05) is 4.90 Å². The lowest BCUT2D eigenvalue weighted by molar-refractivity contribution is -0.385. The van der Waals surface area contributed by atoms with Crippen LogP contribution in [0.2, 0.25) is 0 Å². The Morgan fingerprint density at radius 1 is 1.32 bits per heavy atom. The Morgan fingerprint density at radius 2 is 1.95 bits per heavy atom. The number of rotatable bonds is 4. The van der Waals surface area contributed by atoms with Crippen LogP contribution in [0.15, 0.2) is 30.5 Å². The maximum atomic E-state index is 11.3. The average molecular weight is 262 g/mol. The van der Waals surface area contributed by atoms with Crippen molar-refractivity contribution >= 4 is 17.2 Å². The molecular formula is C13H14N2O4. The van der Waals surface area contributed by atoms with Crippen LogP contribution in [0.5, 0.6) is 0 Å². The van der Waals surface area contributed by atoms with E-state index in [9.17, 15) is 20.0 Å². The number of carbonyl (C=O) groups is 1. The molecule has 1 fully saturated rings. The summed E-state index contributed by atoms with van der Waals surface area (Å²) in [5.41, 5.74) is -0.0727. The van der Waals surface area contributed by atoms with Crippen LogP contribution in [-0.4, -0.2) is 34.0 Å². The zero-order valence-electron chi connectivity index (χ0n) is 10.3. The Morgan fingerprint density at radius 3 is 2.53 bits per heavy atom. The van der Waals surface area contributed by atoms with Crippen molar-refractivity contribution in [1.82, 2.24) is 4.90 Å². The first-order valence-corrected chi connectivity index (χ1v) is 6.02. The van der Waals surface area contributed by atoms with Crippen LogP contribution in [0.4, 0.5) is 5.69 Å². The summed E-state index contributed by atoms with van der Waals surface area (Å²) >= 11 is 0. The zero-order valence-corrected chi connectivity index (χ0v) is 10.3. The molecule has 6 heteroatoms. The van der Waals surface area contributed by atoms with Crippen molar-refractivity contribution in [3.63, 3.8) is 0 Å². The van der Waals surface area contributed by atoms with Gasteiger partial charge in [-0.25, -0.2) is 4.79 Å². The predicted molar refractivity (Wildman–Crippen MR) is 69.5 cm³/mol. The number of carboxylic acid groups (broad SMARTS) is 1. The second-order valence-corrected chi connectivity index (χ2v) is 4.37. The molecule has 0 aromatic heterocycles. The van der Waals surface area contributed by atoms with E-state index in [0.717, 1.165) is 25.9 Å². The van der Waals surface area contributed by atoms with Crippen molar-refractivity contribution < 1.29 is 14.8 Å². The lowest BCUT2D eigenvalue weighted by atomic mass is 10.0. The van der Waals surface area contributed by atoms with Gasteiger partial charge in [-0.15, -0.1) is 0 Å². The SMILES string of the molecule is O=C(O)/C(=C/N1CCCC1)c1ccccc1[N+](=O)[O-]. The number of likely N-dealkylation sites (tertiary alicyclic amines) is 1. The molecule has 1 N–H and O–H groups in total. The van der Waals surface area contributed by atoms with E-state index < -0.39 is 10.9 Å². The highest BCUT2D eigenvalue weighted by atomic mass is 16.6. The van der Waals surface area contributed by atoms with Gasteiger partial charge in [0.25, 0.3) is 5.69 Å². The van der Waals surface area contributed by atoms with Gasteiger partial charge in [0.05, 0.1) is 16.1 Å². The normalized spacial score (nSPS) is 15.6. The van der Waals surface area contributed by atoms with Crippen LogP contribution < -0.4 is 0 Å². The Hall–Kier alpha value is -2.37. The molecule has 1 aromatic rings. The smallest absolute Gasteiger partial charge is 0.338 e. The monoisotopic (exact) mass is 262 g/mol. The lowest BCUT2D eigenvalue weighted by Crippen LogP contribution is -2.14. The van der Waals surface area contributed by atoms with E-state index in [-0.39, 0.29) is 16.8 Å². The second-order valence-electron chi connectivity index (χ2n) is 4.37. The largest absolute Gasteiger partial charge is 0.478 e. The van der Waals surface area contributed by atoms with E-state index >= 15 is 0 Å². The van der Waals surface area contributed by atoms with Crippen LogP contribution in [0, 0.1) is 10.1 Å². The van der Waals surface area contributed by atoms with Gasteiger partial charge < -0.3 is 10.0 Å². The maximum absolute atomic E-state index is 11.3. The Kier molecular flexibility index (Phi) is 3.79. The number of nitrogens with zero attached hydrogens (tertiary/aromatic N) is 2. The average Bonchev–Trinajstić information content (AvgIpc) is 2.88. The molecule has 0 bridgehead atoms. The Bertz CT molecular complexity index is 533. The molecule has 1 aliphatic rings. The molecule has 0 radical (unpaired) electrons. The third-order valence-corrected chi connectivity index (χ3v) is 3.07. The van der Waals surface area contributed by atoms with Crippen LogP contribution in [0.1, 0.15) is 18.4 Å². The molecule has 0 atom stereocenters. The van der Waals surface area contributed by atoms with Crippen molar-refractivity contribution in [2.45, 2.75) is 12.8 Å². The first-order chi connectivity index (χ1) is 9.09. The van der Waals surface area contributed by atoms with E-state index in [0.29, 0.717) is 0 Å². The van der Waals surface area contributed by atoms with Crippen LogP contribution in [0.3, 0.4) is 0 Å². The van der Waals surface area contributed by atoms with Gasteiger partial charge in [0.15, 0.2) is 0 Å². The minimum Gasteiger partial charge on any atom is -0.478 e. The van der Waals surface area contributed by atoms with Crippen LogP contribution in [0.25, 0.3) is 5.57 Å². The number of para-hydroxylation sites is 1. The van der Waals surface area contributed by atoms with Gasteiger partial charge in [-0.3, -0.25) is 10.1 Å². The minimum absolute atomic E-state index is 0.0331. The molecule has 0 unspecified atom stereocenters. The number of nitro benzene ring substituents is 1. The fourth-order valence-electron chi connectivity index (χ4n) is 2.15. The number of benzene rings is 1. The molecule has 6 nitrogen and oxygen atoms in total. The van der Waals surface area contributed by atoms with Crippen LogP contribution >= 0.6 is 0 Å². The van der Waals surface area contributed by atoms with Gasteiger partial charge in [0, 0.05) is 25.4 Å². The van der Waals surface area contributed by atoms with Crippen molar-refractivity contribution in [1.29, 1.82) is 0 Å². The fourth-order valence-corrected chi connectivity index (χ4v) is 2.15. The third-order valence-electron chi connectivity index (χ3n) is 3.07. The first-order valence-electron chi connectivity index (χ1n) is 6.02. The number of aliphatic carboxylic acids is 1. The third kappa shape index (κ3) is 2.90. The van der Waals surface area contributed by atoms with Gasteiger partial charge >= 0.3 is 5.97 Å². The summed E-state index contributed by atoms with van der Waals surface area (Å²) in [4.78, 5) is 23.6. The topological polar surface area (TPSA) is 83.7 Å². The molecule has 2 rings (SSSR count). The second kappa shape index (κ2) is 5.51. The Balaban J connectivity index is 2.44. The number of carboxylic acids is 1. The lowest BCUT2D eigenvalue weighted by Gasteiger charge is -2.13. The highest BCUT2D eigenvalue weighted by Gasteiger charge is 2.22. The molecule has 100 valence electrons. The quantitative estimate of drug-likeness (QED) is 0.510. The predicted octanol–water partition coefficient (Wildman–Crippen LogP) is 2.12. The summed E-state index contributed by atoms with van der Waals surface area (Å²) in [5.74, 6) is -1.15. The minimum atomic E-state index is -1.15. The van der Waals surface area contributed by atoms with Gasteiger partial charge in [-0.1, -0.05) is 12.1 Å². The van der Waals surface area contributed by atoms with Gasteiger partial charge in [0.2, 0.25) is 0 Å². The first kappa shape index (κ1) is 13.1. The van der Waals surface area contributed by atoms with Crippen molar-refractivity contribution in [3.05, 3.63) is 46.1 Å². The number of hydrogen-bond acceptors (Lipinski definition) is 4. The molecule has 0 aliphatic carbocycles. The molecule has 1 heterocycles. The van der Waals surface area contributed by atoms with E-state index in [2.05, 4.69) is 0 Å². The highest BCUT2D eigenvalue weighted by Crippen LogP contribution is 2.27. The number of hydrogen-bond donors (Lipinski definition) is 1. The maximum Gasteiger partial charge on any atom is 0.338 e. The summed E-state index contributed by atoms with van der Waals surface area (Å²) < 4.78 is 0. The van der Waals surface area contributed by atoms with E-state index in [4.69, 9.17) is 0 Å². The standard InChI is InChI=1S/C13H14N2O4/c16-13(17)11(9-14-7-3-4-8-14)10-5-1-2-6-12(10)15(18)19/h1-2,5-6,9H,3-4,7-8H2,(H,16,17)/b11-9+. The van der Waals surface area contributed by atoms with Gasteiger partial charge in [-0.2, -0.15) is 0 Å². The molecule has 1 saturated heterocycles. The Labute approximate surface area is 110 Å². The highest BCUT2D eigenvalue weighted by molar-refractivity contribution is 6.16. The van der Waals surface area contributed by atoms with Gasteiger partial charge in [-0.05, 0) is 18.9 Å².